The molecule has 486 valence electrons. The summed E-state index contributed by atoms with van der Waals surface area (Å²) in [6, 6.07) is 3.39. The van der Waals surface area contributed by atoms with Gasteiger partial charge in [0.1, 0.15) is 54.4 Å². The van der Waals surface area contributed by atoms with Crippen molar-refractivity contribution in [1.82, 2.24) is 63.1 Å². The zero-order chi connectivity index (χ0) is 65.9. The minimum Gasteiger partial charge on any atom is -0.481 e. The normalized spacial score (nSPS) is 15.9. The number of aromatic amines is 1. The summed E-state index contributed by atoms with van der Waals surface area (Å²) in [6.45, 7) is 10.4. The second-order valence-corrected chi connectivity index (χ2v) is 22.9. The molecule has 1 saturated heterocycles. The van der Waals surface area contributed by atoms with Gasteiger partial charge in [-0.1, -0.05) is 102 Å². The van der Waals surface area contributed by atoms with E-state index in [-0.39, 0.29) is 56.9 Å². The summed E-state index contributed by atoms with van der Waals surface area (Å²) < 4.78 is 0. The van der Waals surface area contributed by atoms with Crippen LogP contribution in [-0.2, 0) is 76.8 Å². The van der Waals surface area contributed by atoms with Gasteiger partial charge in [0.2, 0.25) is 59.1 Å². The van der Waals surface area contributed by atoms with Crippen molar-refractivity contribution in [2.45, 2.75) is 166 Å². The minimum absolute atomic E-state index is 0.0180. The SMILES string of the molecule is CC(C)C[C@H](NC(=O)[C@H](Cc1ccccc1)NC(=O)[C@@H](NC(=O)[C@H](Cc1cnc[nH]1)NC(=O)[C@H](CC(=O)O)NC(=O)[C@@H](NC(=O)[C@H](CC(=O)O)NC(=O)[C@H]1CCCN1)C(C)C)C(C)C)C(=O)N[C@@H](CCCN=C(N)N)C(=O)N[C@@H](Cc1ccccc1)C(N)=O. The van der Waals surface area contributed by atoms with E-state index in [1.165, 1.54) is 26.4 Å². The van der Waals surface area contributed by atoms with Gasteiger partial charge in [-0.05, 0) is 67.5 Å². The molecule has 3 aromatic rings. The number of aliphatic imine (C=N–C) groups is 1. The molecule has 4 rings (SSSR count). The average Bonchev–Trinajstić information content (AvgIpc) is 4.04. The van der Waals surface area contributed by atoms with E-state index in [2.05, 4.69) is 68.1 Å². The third kappa shape index (κ3) is 25.0. The molecule has 30 nitrogen and oxygen atoms in total. The van der Waals surface area contributed by atoms with Crippen molar-refractivity contribution in [3.05, 3.63) is 90.0 Å². The van der Waals surface area contributed by atoms with Crippen molar-refractivity contribution >= 4 is 77.0 Å². The van der Waals surface area contributed by atoms with Crippen LogP contribution in [0.5, 0.6) is 0 Å². The van der Waals surface area contributed by atoms with Crippen LogP contribution < -0.4 is 70.4 Å². The van der Waals surface area contributed by atoms with Crippen LogP contribution in [0.3, 0.4) is 0 Å². The van der Waals surface area contributed by atoms with Gasteiger partial charge in [0.25, 0.3) is 0 Å². The minimum atomic E-state index is -1.90. The lowest BCUT2D eigenvalue weighted by Crippen LogP contribution is -2.62. The number of nitrogens with one attached hydrogen (secondary N) is 11. The molecule has 1 aromatic heterocycles. The summed E-state index contributed by atoms with van der Waals surface area (Å²) in [4.78, 5) is 174. The standard InChI is InChI=1S/C59H86N16O14/c1-31(2)23-40(52(83)67-38(20-14-22-65-59(61)62)51(82)68-39(49(60)80)24-34-15-9-7-10-16-34)69-53(84)41(25-35-17-11-8-12-18-35)72-57(88)47(32(3)4)74-55(86)42(26-36-29-63-30-66-36)70-54(85)43(27-45(76)77)73-58(89)48(33(5)6)75-56(87)44(28-46(78)79)71-50(81)37-19-13-21-64-37/h7-12,15-18,29-33,37-44,47-48,64H,13-14,19-28H2,1-6H3,(H2,60,80)(H,63,66)(H,67,83)(H,68,82)(H,69,84)(H,70,85)(H,71,81)(H,72,88)(H,73,89)(H,74,86)(H,75,87)(H,76,77)(H,78,79)(H4,61,62,65)/t37-,38+,39+,40+,41+,42+,43+,44+,47+,48+/m1/s1. The predicted octanol–water partition coefficient (Wildman–Crippen LogP) is -2.60. The number of imidazole rings is 1. The number of rotatable bonds is 37. The molecule has 30 heteroatoms. The number of amides is 10. The summed E-state index contributed by atoms with van der Waals surface area (Å²) in [7, 11) is 0. The number of carbonyl (C=O) groups excluding carboxylic acids is 10. The topological polar surface area (TPSA) is 485 Å². The number of aromatic nitrogens is 2. The molecule has 19 N–H and O–H groups in total. The van der Waals surface area contributed by atoms with Gasteiger partial charge >= 0.3 is 11.9 Å². The fourth-order valence-electron chi connectivity index (χ4n) is 9.57. The number of carboxylic acids is 2. The summed E-state index contributed by atoms with van der Waals surface area (Å²) in [5.41, 5.74) is 18.3. The van der Waals surface area contributed by atoms with Crippen LogP contribution in [0.15, 0.2) is 78.2 Å². The van der Waals surface area contributed by atoms with E-state index in [4.69, 9.17) is 17.2 Å². The molecule has 1 aliphatic heterocycles. The van der Waals surface area contributed by atoms with Crippen molar-refractivity contribution in [3.63, 3.8) is 0 Å². The van der Waals surface area contributed by atoms with Gasteiger partial charge in [0, 0.05) is 37.7 Å². The molecule has 89 heavy (non-hydrogen) atoms. The maximum absolute atomic E-state index is 14.6. The van der Waals surface area contributed by atoms with Crippen LogP contribution in [0, 0.1) is 17.8 Å². The van der Waals surface area contributed by atoms with Gasteiger partial charge in [-0.25, -0.2) is 4.98 Å². The zero-order valence-electron chi connectivity index (χ0n) is 50.8. The Morgan fingerprint density at radius 2 is 0.989 bits per heavy atom. The van der Waals surface area contributed by atoms with Gasteiger partial charge < -0.3 is 85.6 Å². The van der Waals surface area contributed by atoms with Crippen molar-refractivity contribution in [3.8, 4) is 0 Å². The molecule has 0 unspecified atom stereocenters. The largest absolute Gasteiger partial charge is 0.481 e. The Bertz CT molecular complexity index is 2920. The number of benzene rings is 2. The van der Waals surface area contributed by atoms with Crippen molar-refractivity contribution in [2.24, 2.45) is 39.9 Å². The Morgan fingerprint density at radius 1 is 0.551 bits per heavy atom. The Labute approximate surface area is 515 Å². The maximum Gasteiger partial charge on any atom is 0.305 e. The number of hydrogen-bond acceptors (Lipinski definition) is 15. The Morgan fingerprint density at radius 3 is 1.47 bits per heavy atom. The van der Waals surface area contributed by atoms with Crippen molar-refractivity contribution in [1.29, 1.82) is 0 Å². The average molecular weight is 1240 g/mol. The Hall–Kier alpha value is -9.48. The highest BCUT2D eigenvalue weighted by atomic mass is 16.4. The van der Waals surface area contributed by atoms with Crippen LogP contribution in [0.25, 0.3) is 0 Å². The number of hydrogen-bond donors (Lipinski definition) is 16. The smallest absolute Gasteiger partial charge is 0.305 e. The third-order valence-corrected chi connectivity index (χ3v) is 14.3. The van der Waals surface area contributed by atoms with E-state index in [9.17, 15) is 67.7 Å². The summed E-state index contributed by atoms with van der Waals surface area (Å²) in [6.07, 6.45) is 1.66. The van der Waals surface area contributed by atoms with E-state index in [0.717, 1.165) is 0 Å². The number of aliphatic carboxylic acids is 2. The van der Waals surface area contributed by atoms with Crippen LogP contribution in [0.4, 0.5) is 0 Å². The van der Waals surface area contributed by atoms with Crippen LogP contribution in [-0.4, -0.2) is 171 Å². The fourth-order valence-corrected chi connectivity index (χ4v) is 9.57. The number of nitrogens with two attached hydrogens (primary N) is 3. The quantitative estimate of drug-likeness (QED) is 0.0160. The number of carbonyl (C=O) groups is 12. The first-order chi connectivity index (χ1) is 42.1. The molecular formula is C59H86N16O14. The second-order valence-electron chi connectivity index (χ2n) is 22.9. The highest BCUT2D eigenvalue weighted by molar-refractivity contribution is 6.00. The van der Waals surface area contributed by atoms with Gasteiger partial charge in [-0.15, -0.1) is 0 Å². The molecule has 0 aliphatic carbocycles. The highest BCUT2D eigenvalue weighted by Crippen LogP contribution is 2.14. The predicted molar refractivity (Wildman–Crippen MR) is 324 cm³/mol. The van der Waals surface area contributed by atoms with Crippen molar-refractivity contribution < 1.29 is 67.7 Å². The molecule has 10 amide bonds. The number of primary amides is 1. The third-order valence-electron chi connectivity index (χ3n) is 14.3. The highest BCUT2D eigenvalue weighted by Gasteiger charge is 2.38. The lowest BCUT2D eigenvalue weighted by Gasteiger charge is -2.29. The Kier molecular flexibility index (Phi) is 29.1. The fraction of sp³-hybridized carbons (Fsp3) is 0.525. The molecule has 2 heterocycles. The van der Waals surface area contributed by atoms with Gasteiger partial charge in [-0.2, -0.15) is 0 Å². The lowest BCUT2D eigenvalue weighted by molar-refractivity contribution is -0.142. The van der Waals surface area contributed by atoms with Gasteiger partial charge in [0.15, 0.2) is 5.96 Å². The summed E-state index contributed by atoms with van der Waals surface area (Å²) >= 11 is 0. The monoisotopic (exact) mass is 1240 g/mol. The summed E-state index contributed by atoms with van der Waals surface area (Å²) in [5, 5.41) is 45.5. The molecule has 1 fully saturated rings. The second kappa shape index (κ2) is 36.0. The van der Waals surface area contributed by atoms with Gasteiger partial charge in [-0.3, -0.25) is 62.5 Å². The lowest BCUT2D eigenvalue weighted by atomic mass is 9.98. The number of guanidine groups is 1. The molecule has 10 atom stereocenters. The van der Waals surface area contributed by atoms with Crippen LogP contribution >= 0.6 is 0 Å². The molecule has 0 bridgehead atoms. The molecule has 1 aliphatic rings. The van der Waals surface area contributed by atoms with E-state index in [1.807, 2.05) is 0 Å². The molecule has 0 spiro atoms. The Balaban J connectivity index is 1.58. The van der Waals surface area contributed by atoms with E-state index in [0.29, 0.717) is 36.2 Å². The van der Waals surface area contributed by atoms with Crippen molar-refractivity contribution in [2.75, 3.05) is 13.1 Å². The van der Waals surface area contributed by atoms with E-state index >= 15 is 0 Å². The number of H-pyrrole nitrogens is 1. The first-order valence-corrected chi connectivity index (χ1v) is 29.4. The van der Waals surface area contributed by atoms with Gasteiger partial charge in [0.05, 0.1) is 25.2 Å². The molecule has 0 saturated carbocycles. The molecule has 2 aromatic carbocycles. The first kappa shape index (κ1) is 72.0. The van der Waals surface area contributed by atoms with E-state index < -0.39 is 156 Å². The van der Waals surface area contributed by atoms with Crippen LogP contribution in [0.2, 0.25) is 0 Å². The maximum atomic E-state index is 14.6. The first-order valence-electron chi connectivity index (χ1n) is 29.4. The molecule has 0 radical (unpaired) electrons. The molecular weight excluding hydrogens is 1160 g/mol. The number of nitrogens with zero attached hydrogens (tertiary/aromatic N) is 2. The zero-order valence-corrected chi connectivity index (χ0v) is 50.8. The van der Waals surface area contributed by atoms with Crippen LogP contribution in [0.1, 0.15) is 103 Å². The summed E-state index contributed by atoms with van der Waals surface area (Å²) in [5.74, 6) is -13.9. The van der Waals surface area contributed by atoms with E-state index in [1.54, 1.807) is 88.4 Å². The number of carboxylic acid groups (broad SMARTS) is 2.